The second kappa shape index (κ2) is 13.7. The van der Waals surface area contributed by atoms with Crippen LogP contribution in [-0.2, 0) is 5.41 Å². The Morgan fingerprint density at radius 3 is 1.45 bits per heavy atom. The number of rotatable bonds is 5. The summed E-state index contributed by atoms with van der Waals surface area (Å²) in [5.74, 6) is 1.82. The predicted molar refractivity (Wildman–Crippen MR) is 211 cm³/mol. The van der Waals surface area contributed by atoms with Crippen LogP contribution in [-0.4, -0.2) is 15.0 Å². The number of hydrogen-bond donors (Lipinski definition) is 0. The van der Waals surface area contributed by atoms with E-state index in [1.54, 1.807) is 0 Å². The minimum Gasteiger partial charge on any atom is -0.208 e. The van der Waals surface area contributed by atoms with Gasteiger partial charge in [0, 0.05) is 31.9 Å². The van der Waals surface area contributed by atoms with E-state index in [9.17, 15) is 10.5 Å². The van der Waals surface area contributed by atoms with Crippen LogP contribution in [0.25, 0.3) is 56.4 Å². The standard InChI is InChI=1S/C47H33N5S/c48-29-31-14-18-33(19-15-31)35-8-6-10-37(26-35)44-50-45(38-11-7-9-36(27-38)34-20-16-32(30-49)17-21-34)52-46(51-44)39-22-23-43-41(28-39)47(24-4-1-5-25-47)40-12-2-3-13-42(40)53-43/h2-3,6-23,26-28H,1,4-5,24-25H2. The Morgan fingerprint density at radius 1 is 0.434 bits per heavy atom. The Labute approximate surface area is 313 Å². The van der Waals surface area contributed by atoms with E-state index in [1.807, 2.05) is 84.6 Å². The highest BCUT2D eigenvalue weighted by Gasteiger charge is 2.42. The summed E-state index contributed by atoms with van der Waals surface area (Å²) in [7, 11) is 0. The third-order valence-corrected chi connectivity index (χ3v) is 11.8. The fourth-order valence-corrected chi connectivity index (χ4v) is 9.21. The Balaban J connectivity index is 1.19. The highest BCUT2D eigenvalue weighted by atomic mass is 32.2. The van der Waals surface area contributed by atoms with Crippen LogP contribution in [0.1, 0.15) is 54.4 Å². The van der Waals surface area contributed by atoms with E-state index in [1.165, 1.54) is 40.2 Å². The Kier molecular flexibility index (Phi) is 8.39. The summed E-state index contributed by atoms with van der Waals surface area (Å²) in [5, 5.41) is 18.7. The Morgan fingerprint density at radius 2 is 0.906 bits per heavy atom. The first-order valence-corrected chi connectivity index (χ1v) is 18.8. The molecular formula is C47H33N5S. The summed E-state index contributed by atoms with van der Waals surface area (Å²) in [5.41, 5.74) is 10.9. The maximum atomic E-state index is 9.33. The fourth-order valence-electron chi connectivity index (χ4n) is 7.95. The molecule has 2 aliphatic rings. The van der Waals surface area contributed by atoms with Crippen LogP contribution < -0.4 is 0 Å². The highest BCUT2D eigenvalue weighted by Crippen LogP contribution is 2.55. The lowest BCUT2D eigenvalue weighted by atomic mass is 9.65. The molecule has 1 aromatic heterocycles. The third-order valence-electron chi connectivity index (χ3n) is 10.7. The zero-order valence-corrected chi connectivity index (χ0v) is 29.8. The second-order valence-electron chi connectivity index (χ2n) is 13.8. The van der Waals surface area contributed by atoms with Crippen molar-refractivity contribution in [3.8, 4) is 68.6 Å². The first kappa shape index (κ1) is 32.6. The molecule has 1 aliphatic carbocycles. The van der Waals surface area contributed by atoms with Gasteiger partial charge in [-0.3, -0.25) is 0 Å². The summed E-state index contributed by atoms with van der Waals surface area (Å²) >= 11 is 1.87. The molecule has 6 heteroatoms. The van der Waals surface area contributed by atoms with Crippen molar-refractivity contribution in [2.45, 2.75) is 47.3 Å². The van der Waals surface area contributed by atoms with Crippen LogP contribution in [0.3, 0.4) is 0 Å². The van der Waals surface area contributed by atoms with Gasteiger partial charge in [0.15, 0.2) is 17.5 Å². The van der Waals surface area contributed by atoms with Crippen molar-refractivity contribution in [1.82, 2.24) is 15.0 Å². The van der Waals surface area contributed by atoms with Gasteiger partial charge in [0.25, 0.3) is 0 Å². The summed E-state index contributed by atoms with van der Waals surface area (Å²) in [4.78, 5) is 18.2. The van der Waals surface area contributed by atoms with Gasteiger partial charge in [0.2, 0.25) is 0 Å². The van der Waals surface area contributed by atoms with E-state index in [2.05, 4.69) is 78.9 Å². The van der Waals surface area contributed by atoms with Crippen molar-refractivity contribution >= 4 is 11.8 Å². The first-order chi connectivity index (χ1) is 26.1. The molecule has 6 aromatic carbocycles. The molecule has 252 valence electrons. The molecule has 0 radical (unpaired) electrons. The zero-order valence-electron chi connectivity index (χ0n) is 29.0. The van der Waals surface area contributed by atoms with E-state index in [0.717, 1.165) is 51.8 Å². The molecule has 2 heterocycles. The lowest BCUT2D eigenvalue weighted by molar-refractivity contribution is 0.335. The molecule has 53 heavy (non-hydrogen) atoms. The molecule has 0 bridgehead atoms. The van der Waals surface area contributed by atoms with Gasteiger partial charge in [-0.05, 0) is 101 Å². The average molecular weight is 700 g/mol. The van der Waals surface area contributed by atoms with E-state index < -0.39 is 0 Å². The molecule has 0 amide bonds. The maximum Gasteiger partial charge on any atom is 0.164 e. The van der Waals surface area contributed by atoms with Crippen molar-refractivity contribution < 1.29 is 0 Å². The molecular weight excluding hydrogens is 667 g/mol. The maximum absolute atomic E-state index is 9.33. The number of aromatic nitrogens is 3. The predicted octanol–water partition coefficient (Wildman–Crippen LogP) is 11.7. The molecule has 1 spiro atoms. The van der Waals surface area contributed by atoms with Crippen LogP contribution in [0.15, 0.2) is 149 Å². The van der Waals surface area contributed by atoms with Gasteiger partial charge in [0.1, 0.15) is 0 Å². The molecule has 7 aromatic rings. The number of benzene rings is 6. The number of fused-ring (bicyclic) bond motifs is 4. The van der Waals surface area contributed by atoms with Crippen LogP contribution in [0, 0.1) is 22.7 Å². The Hall–Kier alpha value is -6.34. The lowest BCUT2D eigenvalue weighted by Gasteiger charge is -2.43. The average Bonchev–Trinajstić information content (AvgIpc) is 3.24. The van der Waals surface area contributed by atoms with E-state index >= 15 is 0 Å². The van der Waals surface area contributed by atoms with Gasteiger partial charge < -0.3 is 0 Å². The summed E-state index contributed by atoms with van der Waals surface area (Å²) in [6, 6.07) is 51.9. The number of nitriles is 2. The summed E-state index contributed by atoms with van der Waals surface area (Å²) in [6.45, 7) is 0. The second-order valence-corrected chi connectivity index (χ2v) is 14.9. The van der Waals surface area contributed by atoms with Crippen molar-refractivity contribution in [3.63, 3.8) is 0 Å². The first-order valence-electron chi connectivity index (χ1n) is 18.0. The number of hydrogen-bond acceptors (Lipinski definition) is 6. The molecule has 0 saturated heterocycles. The minimum absolute atomic E-state index is 0.0189. The van der Waals surface area contributed by atoms with Crippen LogP contribution in [0.2, 0.25) is 0 Å². The molecule has 1 aliphatic heterocycles. The highest BCUT2D eigenvalue weighted by molar-refractivity contribution is 7.99. The smallest absolute Gasteiger partial charge is 0.164 e. The van der Waals surface area contributed by atoms with Crippen molar-refractivity contribution in [1.29, 1.82) is 10.5 Å². The van der Waals surface area contributed by atoms with Gasteiger partial charge in [-0.25, -0.2) is 15.0 Å². The molecule has 1 fully saturated rings. The third kappa shape index (κ3) is 6.08. The number of nitrogens with zero attached hydrogens (tertiary/aromatic N) is 5. The zero-order chi connectivity index (χ0) is 35.8. The van der Waals surface area contributed by atoms with Gasteiger partial charge in [-0.1, -0.05) is 116 Å². The molecule has 0 atom stereocenters. The molecule has 0 N–H and O–H groups in total. The van der Waals surface area contributed by atoms with E-state index in [4.69, 9.17) is 15.0 Å². The van der Waals surface area contributed by atoms with Crippen LogP contribution in [0.4, 0.5) is 0 Å². The van der Waals surface area contributed by atoms with E-state index in [-0.39, 0.29) is 5.41 Å². The normalized spacial score (nSPS) is 14.1. The molecule has 5 nitrogen and oxygen atoms in total. The molecule has 0 unspecified atom stereocenters. The topological polar surface area (TPSA) is 86.2 Å². The van der Waals surface area contributed by atoms with Crippen molar-refractivity contribution in [2.75, 3.05) is 0 Å². The van der Waals surface area contributed by atoms with Crippen LogP contribution in [0.5, 0.6) is 0 Å². The monoisotopic (exact) mass is 699 g/mol. The SMILES string of the molecule is N#Cc1ccc(-c2cccc(-c3nc(-c4cccc(-c5ccc(C#N)cc5)c4)nc(-c4ccc5c(c4)C4(CCCCC4)c4ccccc4S5)n3)c2)cc1. The van der Waals surface area contributed by atoms with Crippen molar-refractivity contribution in [2.24, 2.45) is 0 Å². The summed E-state index contributed by atoms with van der Waals surface area (Å²) < 4.78 is 0. The van der Waals surface area contributed by atoms with Crippen molar-refractivity contribution in [3.05, 3.63) is 162 Å². The fraction of sp³-hybridized carbons (Fsp3) is 0.128. The summed E-state index contributed by atoms with van der Waals surface area (Å²) in [6.07, 6.45) is 5.98. The van der Waals surface area contributed by atoms with Gasteiger partial charge in [-0.2, -0.15) is 10.5 Å². The lowest BCUT2D eigenvalue weighted by Crippen LogP contribution is -2.33. The van der Waals surface area contributed by atoms with Gasteiger partial charge in [-0.15, -0.1) is 0 Å². The van der Waals surface area contributed by atoms with Gasteiger partial charge in [0.05, 0.1) is 23.3 Å². The van der Waals surface area contributed by atoms with Gasteiger partial charge >= 0.3 is 0 Å². The largest absolute Gasteiger partial charge is 0.208 e. The Bertz CT molecular complexity index is 2470. The van der Waals surface area contributed by atoms with E-state index in [0.29, 0.717) is 28.6 Å². The quantitative estimate of drug-likeness (QED) is 0.178. The minimum atomic E-state index is -0.0189. The van der Waals surface area contributed by atoms with Crippen LogP contribution >= 0.6 is 11.8 Å². The molecule has 9 rings (SSSR count). The molecule has 1 saturated carbocycles.